The zero-order valence-electron chi connectivity index (χ0n) is 11.8. The number of morpholine rings is 1. The van der Waals surface area contributed by atoms with E-state index in [-0.39, 0.29) is 23.9 Å². The maximum atomic E-state index is 5.62. The Bertz CT molecular complexity index is 391. The van der Waals surface area contributed by atoms with Gasteiger partial charge in [-0.05, 0) is 0 Å². The highest BCUT2D eigenvalue weighted by Crippen LogP contribution is 2.19. The monoisotopic (exact) mass is 290 g/mol. The minimum Gasteiger partial charge on any atom is -0.374 e. The second-order valence-corrected chi connectivity index (χ2v) is 5.73. The van der Waals surface area contributed by atoms with Crippen LogP contribution >= 0.6 is 12.4 Å². The quantitative estimate of drug-likeness (QED) is 0.893. The molecule has 7 heteroatoms. The first-order chi connectivity index (χ1) is 8.49. The first-order valence-electron chi connectivity index (χ1n) is 6.36. The fraction of sp³-hybridized carbons (Fsp3) is 0.833. The maximum Gasteiger partial charge on any atom is 0.240 e. The lowest BCUT2D eigenvalue weighted by Gasteiger charge is -2.31. The molecule has 1 fully saturated rings. The van der Waals surface area contributed by atoms with Gasteiger partial charge < -0.3 is 15.0 Å². The van der Waals surface area contributed by atoms with Gasteiger partial charge in [0.15, 0.2) is 5.82 Å². The van der Waals surface area contributed by atoms with Crippen molar-refractivity contribution in [3.63, 3.8) is 0 Å². The summed E-state index contributed by atoms with van der Waals surface area (Å²) in [4.78, 5) is 6.67. The summed E-state index contributed by atoms with van der Waals surface area (Å²) in [6.45, 7) is 9.84. The van der Waals surface area contributed by atoms with E-state index in [0.29, 0.717) is 25.6 Å². The van der Waals surface area contributed by atoms with Gasteiger partial charge in [0.1, 0.15) is 0 Å². The fourth-order valence-corrected chi connectivity index (χ4v) is 1.88. The van der Waals surface area contributed by atoms with Crippen LogP contribution in [0.4, 0.5) is 0 Å². The van der Waals surface area contributed by atoms with Crippen molar-refractivity contribution in [1.82, 2.24) is 15.0 Å². The van der Waals surface area contributed by atoms with Crippen molar-refractivity contribution in [2.75, 3.05) is 26.2 Å². The van der Waals surface area contributed by atoms with Gasteiger partial charge in [-0.3, -0.25) is 4.90 Å². The second kappa shape index (κ2) is 6.65. The van der Waals surface area contributed by atoms with E-state index in [1.165, 1.54) is 0 Å². The van der Waals surface area contributed by atoms with E-state index in [1.807, 2.05) is 0 Å². The Hall–Kier alpha value is -0.690. The average Bonchev–Trinajstić information content (AvgIpc) is 2.77. The molecule has 0 bridgehead atoms. The van der Waals surface area contributed by atoms with Crippen molar-refractivity contribution in [1.29, 1.82) is 0 Å². The minimum absolute atomic E-state index is 0. The predicted molar refractivity (Wildman–Crippen MR) is 74.3 cm³/mol. The summed E-state index contributed by atoms with van der Waals surface area (Å²) in [6, 6.07) is 0. The topological polar surface area (TPSA) is 77.4 Å². The molecule has 1 aromatic rings. The maximum absolute atomic E-state index is 5.62. The summed E-state index contributed by atoms with van der Waals surface area (Å²) in [5.41, 5.74) is 5.54. The van der Waals surface area contributed by atoms with Crippen LogP contribution in [0.3, 0.4) is 0 Å². The molecule has 0 spiro atoms. The largest absolute Gasteiger partial charge is 0.374 e. The number of halogens is 1. The molecule has 1 unspecified atom stereocenters. The van der Waals surface area contributed by atoms with Gasteiger partial charge in [0.25, 0.3) is 0 Å². The van der Waals surface area contributed by atoms with E-state index in [1.54, 1.807) is 0 Å². The molecular formula is C12H23ClN4O2. The number of hydrogen-bond acceptors (Lipinski definition) is 6. The molecule has 2 heterocycles. The molecule has 19 heavy (non-hydrogen) atoms. The van der Waals surface area contributed by atoms with Crippen molar-refractivity contribution in [2.45, 2.75) is 38.8 Å². The zero-order chi connectivity index (χ0) is 13.2. The van der Waals surface area contributed by atoms with Gasteiger partial charge in [-0.2, -0.15) is 4.98 Å². The van der Waals surface area contributed by atoms with E-state index in [4.69, 9.17) is 15.0 Å². The van der Waals surface area contributed by atoms with Gasteiger partial charge in [-0.1, -0.05) is 25.9 Å². The van der Waals surface area contributed by atoms with Crippen molar-refractivity contribution in [3.8, 4) is 0 Å². The number of rotatable bonds is 3. The van der Waals surface area contributed by atoms with Crippen molar-refractivity contribution >= 4 is 12.4 Å². The Morgan fingerprint density at radius 2 is 2.16 bits per heavy atom. The number of hydrogen-bond donors (Lipinski definition) is 1. The van der Waals surface area contributed by atoms with Gasteiger partial charge in [0.05, 0.1) is 19.3 Å². The Balaban J connectivity index is 0.00000180. The summed E-state index contributed by atoms with van der Waals surface area (Å²) >= 11 is 0. The van der Waals surface area contributed by atoms with E-state index in [0.717, 1.165) is 18.9 Å². The lowest BCUT2D eigenvalue weighted by atomic mass is 9.96. The summed E-state index contributed by atoms with van der Waals surface area (Å²) in [5, 5.41) is 4.02. The third-order valence-electron chi connectivity index (χ3n) is 2.98. The minimum atomic E-state index is -0.0768. The molecule has 0 amide bonds. The molecule has 0 aliphatic carbocycles. The Morgan fingerprint density at radius 3 is 2.74 bits per heavy atom. The van der Waals surface area contributed by atoms with Crippen LogP contribution in [0.2, 0.25) is 0 Å². The molecular weight excluding hydrogens is 268 g/mol. The molecule has 110 valence electrons. The molecule has 1 saturated heterocycles. The van der Waals surface area contributed by atoms with Crippen LogP contribution in [-0.4, -0.2) is 47.4 Å². The summed E-state index contributed by atoms with van der Waals surface area (Å²) < 4.78 is 10.8. The first kappa shape index (κ1) is 16.4. The lowest BCUT2D eigenvalue weighted by Crippen LogP contribution is -2.45. The fourth-order valence-electron chi connectivity index (χ4n) is 1.88. The Labute approximate surface area is 120 Å². The van der Waals surface area contributed by atoms with Gasteiger partial charge >= 0.3 is 0 Å². The van der Waals surface area contributed by atoms with Crippen LogP contribution in [0.25, 0.3) is 0 Å². The molecule has 2 N–H and O–H groups in total. The summed E-state index contributed by atoms with van der Waals surface area (Å²) in [6.07, 6.45) is 0.115. The molecule has 1 aliphatic rings. The van der Waals surface area contributed by atoms with Crippen LogP contribution in [0.1, 0.15) is 32.5 Å². The van der Waals surface area contributed by atoms with Gasteiger partial charge in [-0.15, -0.1) is 12.4 Å². The average molecular weight is 291 g/mol. The predicted octanol–water partition coefficient (Wildman–Crippen LogP) is 0.948. The van der Waals surface area contributed by atoms with Crippen LogP contribution in [-0.2, 0) is 16.7 Å². The molecule has 0 aromatic carbocycles. The van der Waals surface area contributed by atoms with Gasteiger partial charge in [-0.25, -0.2) is 0 Å². The van der Waals surface area contributed by atoms with Crippen LogP contribution < -0.4 is 5.73 Å². The Kier molecular flexibility index (Phi) is 5.73. The molecule has 1 aliphatic heterocycles. The van der Waals surface area contributed by atoms with Crippen LogP contribution in [0, 0.1) is 0 Å². The van der Waals surface area contributed by atoms with Crippen molar-refractivity contribution in [3.05, 3.63) is 11.7 Å². The number of nitrogens with zero attached hydrogens (tertiary/aromatic N) is 3. The lowest BCUT2D eigenvalue weighted by molar-refractivity contribution is -0.0288. The normalized spacial score (nSPS) is 21.2. The highest BCUT2D eigenvalue weighted by molar-refractivity contribution is 5.85. The summed E-state index contributed by atoms with van der Waals surface area (Å²) in [7, 11) is 0. The van der Waals surface area contributed by atoms with Crippen molar-refractivity contribution in [2.24, 2.45) is 5.73 Å². The second-order valence-electron chi connectivity index (χ2n) is 5.73. The SMILES string of the molecule is CC(C)(C)c1noc(CN2CCOC(CN)C2)n1.Cl. The van der Waals surface area contributed by atoms with E-state index in [2.05, 4.69) is 35.8 Å². The first-order valence-corrected chi connectivity index (χ1v) is 6.36. The van der Waals surface area contributed by atoms with Gasteiger partial charge in [0.2, 0.25) is 5.89 Å². The van der Waals surface area contributed by atoms with Crippen LogP contribution in [0.5, 0.6) is 0 Å². The zero-order valence-corrected chi connectivity index (χ0v) is 12.6. The molecule has 2 rings (SSSR count). The smallest absolute Gasteiger partial charge is 0.240 e. The number of nitrogens with two attached hydrogens (primary N) is 1. The van der Waals surface area contributed by atoms with E-state index < -0.39 is 0 Å². The molecule has 1 aromatic heterocycles. The van der Waals surface area contributed by atoms with Crippen LogP contribution in [0.15, 0.2) is 4.52 Å². The third-order valence-corrected chi connectivity index (χ3v) is 2.98. The van der Waals surface area contributed by atoms with Crippen molar-refractivity contribution < 1.29 is 9.26 Å². The van der Waals surface area contributed by atoms with Gasteiger partial charge in [0, 0.05) is 25.0 Å². The number of aromatic nitrogens is 2. The van der Waals surface area contributed by atoms with E-state index >= 15 is 0 Å². The molecule has 0 saturated carbocycles. The summed E-state index contributed by atoms with van der Waals surface area (Å²) in [5.74, 6) is 1.42. The molecule has 1 atom stereocenters. The standard InChI is InChI=1S/C12H22N4O2.ClH/c1-12(2,3)11-14-10(18-15-11)8-16-4-5-17-9(6-13)7-16;/h9H,4-8,13H2,1-3H3;1H. The Morgan fingerprint density at radius 1 is 1.42 bits per heavy atom. The highest BCUT2D eigenvalue weighted by Gasteiger charge is 2.24. The highest BCUT2D eigenvalue weighted by atomic mass is 35.5. The number of ether oxygens (including phenoxy) is 1. The molecule has 0 radical (unpaired) electrons. The third kappa shape index (κ3) is 4.42. The van der Waals surface area contributed by atoms with E-state index in [9.17, 15) is 0 Å². The molecule has 6 nitrogen and oxygen atoms in total.